The van der Waals surface area contributed by atoms with E-state index in [1.54, 1.807) is 0 Å². The van der Waals surface area contributed by atoms with Gasteiger partial charge in [-0.3, -0.25) is 0 Å². The third-order valence-electron chi connectivity index (χ3n) is 7.41. The molecular weight excluding hydrogens is 466 g/mol. The third kappa shape index (κ3) is 32.4. The summed E-state index contributed by atoms with van der Waals surface area (Å²) in [5, 5.41) is 0. The highest BCUT2D eigenvalue weighted by molar-refractivity contribution is 6.26. The van der Waals surface area contributed by atoms with Crippen molar-refractivity contribution in [3.63, 3.8) is 0 Å². The molecule has 0 N–H and O–H groups in total. The molecule has 0 unspecified atom stereocenters. The molecule has 0 fully saturated rings. The minimum atomic E-state index is 0. The van der Waals surface area contributed by atoms with E-state index in [4.69, 9.17) is 4.43 Å². The zero-order valence-electron chi connectivity index (χ0n) is 24.8. The van der Waals surface area contributed by atoms with Crippen LogP contribution in [0.1, 0.15) is 162 Å². The van der Waals surface area contributed by atoms with Crippen molar-refractivity contribution in [1.82, 2.24) is 0 Å². The summed E-state index contributed by atoms with van der Waals surface area (Å²) < 4.78 is 6.67. The van der Waals surface area contributed by atoms with Crippen LogP contribution in [0.4, 0.5) is 0 Å². The van der Waals surface area contributed by atoms with Crippen molar-refractivity contribution in [2.24, 2.45) is 0 Å². The minimum absolute atomic E-state index is 0. The van der Waals surface area contributed by atoms with E-state index < -0.39 is 0 Å². The van der Waals surface area contributed by atoms with Crippen molar-refractivity contribution in [1.29, 1.82) is 0 Å². The van der Waals surface area contributed by atoms with Gasteiger partial charge in [0.25, 0.3) is 0 Å². The van der Waals surface area contributed by atoms with E-state index in [2.05, 4.69) is 27.9 Å². The summed E-state index contributed by atoms with van der Waals surface area (Å²) in [5.41, 5.74) is 0. The fourth-order valence-corrected chi connectivity index (χ4v) is 5.66. The predicted octanol–water partition coefficient (Wildman–Crippen LogP) is 7.13. The number of nitrogens with zero attached hydrogens (tertiary/aromatic N) is 1. The molecule has 0 aliphatic heterocycles. The molecule has 0 atom stereocenters. The zero-order chi connectivity index (χ0) is 25.0. The summed E-state index contributed by atoms with van der Waals surface area (Å²) in [5.74, 6) is 0. The Kier molecular flexibility index (Phi) is 32.9. The second kappa shape index (κ2) is 30.6. The van der Waals surface area contributed by atoms with Crippen LogP contribution < -0.4 is 12.4 Å². The maximum absolute atomic E-state index is 5.48. The molecule has 0 bridgehead atoms. The van der Waals surface area contributed by atoms with Gasteiger partial charge in [-0.15, -0.1) is 0 Å². The van der Waals surface area contributed by atoms with E-state index in [0.29, 0.717) is 9.76 Å². The third-order valence-corrected chi connectivity index (χ3v) is 8.46. The van der Waals surface area contributed by atoms with Crippen molar-refractivity contribution >= 4 is 9.76 Å². The largest absolute Gasteiger partial charge is 1.00 e. The van der Waals surface area contributed by atoms with Crippen LogP contribution in [0.25, 0.3) is 0 Å². The van der Waals surface area contributed by atoms with Gasteiger partial charge in [-0.1, -0.05) is 135 Å². The molecule has 2 radical (unpaired) electrons. The molecule has 0 aliphatic carbocycles. The van der Waals surface area contributed by atoms with E-state index in [9.17, 15) is 0 Å². The van der Waals surface area contributed by atoms with Crippen LogP contribution in [-0.4, -0.2) is 48.0 Å². The number of halogens is 1. The highest BCUT2D eigenvalue weighted by Gasteiger charge is 2.13. The van der Waals surface area contributed by atoms with Crippen LogP contribution in [-0.2, 0) is 4.43 Å². The Hall–Kier alpha value is 0.427. The molecule has 0 saturated heterocycles. The lowest BCUT2D eigenvalue weighted by Crippen LogP contribution is -3.00. The van der Waals surface area contributed by atoms with Crippen LogP contribution in [0.5, 0.6) is 0 Å². The van der Waals surface area contributed by atoms with Crippen molar-refractivity contribution in [2.75, 3.05) is 33.8 Å². The Bertz CT molecular complexity index is 381. The lowest BCUT2D eigenvalue weighted by Gasteiger charge is -2.29. The Morgan fingerprint density at radius 3 is 1.11 bits per heavy atom. The normalized spacial score (nSPS) is 11.7. The summed E-state index contributed by atoms with van der Waals surface area (Å²) in [6.07, 6.45) is 33.5. The Morgan fingerprint density at radius 2 is 0.771 bits per heavy atom. The van der Waals surface area contributed by atoms with E-state index in [-0.39, 0.29) is 12.4 Å². The van der Waals surface area contributed by atoms with E-state index in [1.165, 1.54) is 171 Å². The van der Waals surface area contributed by atoms with Gasteiger partial charge in [-0.05, 0) is 32.2 Å². The SMILES string of the molecule is CCCCCCCCCCCCCCCCCCCCCCCC[N+](C)(C)CCC[Si]OCC.[Cl-]. The average molecular weight is 532 g/mol. The van der Waals surface area contributed by atoms with Gasteiger partial charge >= 0.3 is 0 Å². The van der Waals surface area contributed by atoms with Crippen LogP contribution in [0.15, 0.2) is 0 Å². The standard InChI is InChI=1S/C31H66NOSi.ClH/c1-5-7-8-9-10-11-12-13-14-15-16-17-18-19-20-21-22-23-24-25-26-27-29-32(3,4)30-28-31-34-33-6-2;/h5-31H2,1-4H3;1H/q+1;/p-1. The number of hydrogen-bond donors (Lipinski definition) is 0. The second-order valence-corrected chi connectivity index (χ2v) is 12.6. The van der Waals surface area contributed by atoms with Gasteiger partial charge in [0.2, 0.25) is 9.76 Å². The zero-order valence-corrected chi connectivity index (χ0v) is 26.6. The fourth-order valence-electron chi connectivity index (χ4n) is 5.01. The first kappa shape index (κ1) is 37.6. The molecule has 0 rings (SSSR count). The molecule has 212 valence electrons. The van der Waals surface area contributed by atoms with Gasteiger partial charge in [-0.25, -0.2) is 0 Å². The molecule has 2 nitrogen and oxygen atoms in total. The summed E-state index contributed by atoms with van der Waals surface area (Å²) >= 11 is 0. The quantitative estimate of drug-likeness (QED) is 0.0566. The van der Waals surface area contributed by atoms with Gasteiger partial charge in [0.1, 0.15) is 0 Å². The summed E-state index contributed by atoms with van der Waals surface area (Å²) in [4.78, 5) is 0. The second-order valence-electron chi connectivity index (χ2n) is 11.5. The van der Waals surface area contributed by atoms with Crippen molar-refractivity contribution in [3.05, 3.63) is 0 Å². The molecule has 0 heterocycles. The van der Waals surface area contributed by atoms with Crippen molar-refractivity contribution in [3.8, 4) is 0 Å². The molecule has 0 saturated carbocycles. The highest BCUT2D eigenvalue weighted by atomic mass is 35.5. The lowest BCUT2D eigenvalue weighted by molar-refractivity contribution is -0.890. The van der Waals surface area contributed by atoms with E-state index in [0.717, 1.165) is 6.61 Å². The molecule has 0 aromatic carbocycles. The maximum Gasteiger partial charge on any atom is 0.229 e. The lowest BCUT2D eigenvalue weighted by atomic mass is 10.0. The van der Waals surface area contributed by atoms with Gasteiger partial charge in [0, 0.05) is 6.61 Å². The molecule has 0 spiro atoms. The average Bonchev–Trinajstić information content (AvgIpc) is 2.82. The van der Waals surface area contributed by atoms with Crippen LogP contribution >= 0.6 is 0 Å². The molecule has 35 heavy (non-hydrogen) atoms. The Balaban J connectivity index is 0. The van der Waals surface area contributed by atoms with Gasteiger partial charge < -0.3 is 21.3 Å². The monoisotopic (exact) mass is 531 g/mol. The van der Waals surface area contributed by atoms with Crippen LogP contribution in [0.2, 0.25) is 6.04 Å². The summed E-state index contributed by atoms with van der Waals surface area (Å²) in [6.45, 7) is 7.92. The highest BCUT2D eigenvalue weighted by Crippen LogP contribution is 2.15. The first-order valence-electron chi connectivity index (χ1n) is 15.8. The molecule has 0 aromatic heterocycles. The number of hydrogen-bond acceptors (Lipinski definition) is 1. The van der Waals surface area contributed by atoms with Gasteiger partial charge in [0.05, 0.1) is 27.2 Å². The maximum atomic E-state index is 5.48. The Labute approximate surface area is 232 Å². The van der Waals surface area contributed by atoms with Crippen LogP contribution in [0.3, 0.4) is 0 Å². The molecule has 4 heteroatoms. The van der Waals surface area contributed by atoms with Crippen molar-refractivity contribution < 1.29 is 21.3 Å². The fraction of sp³-hybridized carbons (Fsp3) is 1.00. The first-order chi connectivity index (χ1) is 16.6. The first-order valence-corrected chi connectivity index (χ1v) is 16.9. The molecular formula is C31H66ClNOSi. The van der Waals surface area contributed by atoms with Crippen LogP contribution in [0, 0.1) is 0 Å². The number of quaternary nitrogens is 1. The topological polar surface area (TPSA) is 9.23 Å². The van der Waals surface area contributed by atoms with E-state index >= 15 is 0 Å². The molecule has 0 amide bonds. The summed E-state index contributed by atoms with van der Waals surface area (Å²) in [7, 11) is 5.52. The van der Waals surface area contributed by atoms with Gasteiger partial charge in [0.15, 0.2) is 0 Å². The minimum Gasteiger partial charge on any atom is -1.00 e. The number of unbranched alkanes of at least 4 members (excludes halogenated alkanes) is 21. The number of rotatable bonds is 29. The molecule has 0 aromatic rings. The Morgan fingerprint density at radius 1 is 0.457 bits per heavy atom. The van der Waals surface area contributed by atoms with E-state index in [1.807, 2.05) is 0 Å². The summed E-state index contributed by atoms with van der Waals surface area (Å²) in [6, 6.07) is 1.24. The van der Waals surface area contributed by atoms with Gasteiger partial charge in [-0.2, -0.15) is 0 Å². The smallest absolute Gasteiger partial charge is 0.229 e. The van der Waals surface area contributed by atoms with Crippen molar-refractivity contribution in [2.45, 2.75) is 168 Å². The predicted molar refractivity (Wildman–Crippen MR) is 156 cm³/mol. The molecule has 0 aliphatic rings.